The van der Waals surface area contributed by atoms with Crippen molar-refractivity contribution in [3.05, 3.63) is 75.6 Å². The number of hydrogen-bond acceptors (Lipinski definition) is 6. The number of rotatable bonds is 8. The molecule has 1 heterocycles. The van der Waals surface area contributed by atoms with Crippen molar-refractivity contribution in [1.82, 2.24) is 10.2 Å². The van der Waals surface area contributed by atoms with Crippen molar-refractivity contribution in [2.75, 3.05) is 13.2 Å². The fourth-order valence-electron chi connectivity index (χ4n) is 3.16. The Bertz CT molecular complexity index is 967. The van der Waals surface area contributed by atoms with Gasteiger partial charge in [-0.2, -0.15) is 0 Å². The van der Waals surface area contributed by atoms with E-state index in [1.165, 1.54) is 37.3 Å². The van der Waals surface area contributed by atoms with Gasteiger partial charge in [0.15, 0.2) is 0 Å². The zero-order valence-electron chi connectivity index (χ0n) is 16.1. The normalized spacial score (nSPS) is 19.6. The molecular formula is C20H20FN3O6. The Morgan fingerprint density at radius 3 is 2.53 bits per heavy atom. The molecule has 158 valence electrons. The van der Waals surface area contributed by atoms with Crippen LogP contribution in [0.5, 0.6) is 0 Å². The van der Waals surface area contributed by atoms with Crippen molar-refractivity contribution in [1.29, 1.82) is 0 Å². The topological polar surface area (TPSA) is 122 Å². The van der Waals surface area contributed by atoms with Gasteiger partial charge in [0.1, 0.15) is 11.4 Å². The molecule has 0 saturated carbocycles. The van der Waals surface area contributed by atoms with Crippen LogP contribution in [0.2, 0.25) is 0 Å². The molecule has 1 fully saturated rings. The van der Waals surface area contributed by atoms with Crippen LogP contribution in [0.4, 0.5) is 14.9 Å². The van der Waals surface area contributed by atoms with Crippen LogP contribution in [0, 0.1) is 15.9 Å². The lowest BCUT2D eigenvalue weighted by Crippen LogP contribution is -2.42. The molecule has 0 radical (unpaired) electrons. The Labute approximate surface area is 171 Å². The Kier molecular flexibility index (Phi) is 6.09. The van der Waals surface area contributed by atoms with Crippen molar-refractivity contribution in [3.63, 3.8) is 0 Å². The van der Waals surface area contributed by atoms with Crippen LogP contribution < -0.4 is 5.32 Å². The molecule has 2 aromatic carbocycles. The highest BCUT2D eigenvalue weighted by molar-refractivity contribution is 6.07. The van der Waals surface area contributed by atoms with E-state index in [1.54, 1.807) is 18.2 Å². The van der Waals surface area contributed by atoms with Gasteiger partial charge < -0.3 is 15.2 Å². The molecule has 0 bridgehead atoms. The lowest BCUT2D eigenvalue weighted by Gasteiger charge is -2.23. The number of nitrogens with zero attached hydrogens (tertiary/aromatic N) is 2. The first-order valence-electron chi connectivity index (χ1n) is 9.10. The maximum Gasteiger partial charge on any atom is 0.325 e. The molecule has 10 heteroatoms. The molecule has 30 heavy (non-hydrogen) atoms. The van der Waals surface area contributed by atoms with E-state index >= 15 is 0 Å². The number of imide groups is 1. The molecular weight excluding hydrogens is 397 g/mol. The number of aliphatic hydroxyl groups excluding tert-OH is 1. The number of carbonyl (C=O) groups is 2. The van der Waals surface area contributed by atoms with Crippen LogP contribution >= 0.6 is 0 Å². The third-order valence-corrected chi connectivity index (χ3v) is 4.85. The average molecular weight is 417 g/mol. The number of amides is 3. The Morgan fingerprint density at radius 2 is 1.90 bits per heavy atom. The summed E-state index contributed by atoms with van der Waals surface area (Å²) in [5.74, 6) is -1.03. The van der Waals surface area contributed by atoms with Gasteiger partial charge in [-0.05, 0) is 30.7 Å². The van der Waals surface area contributed by atoms with E-state index in [-0.39, 0.29) is 25.4 Å². The molecule has 1 aliphatic rings. The first kappa shape index (κ1) is 21.3. The summed E-state index contributed by atoms with van der Waals surface area (Å²) < 4.78 is 18.9. The summed E-state index contributed by atoms with van der Waals surface area (Å²) in [6, 6.07) is 10.6. The fourth-order valence-corrected chi connectivity index (χ4v) is 3.16. The van der Waals surface area contributed by atoms with E-state index in [2.05, 4.69) is 5.32 Å². The SMILES string of the molecule is C[C@]1(c2ccc([N+](=O)[O-])cc2)NC(=O)N(C[C@@H](O)COCc2ccccc2F)C1=O. The van der Waals surface area contributed by atoms with E-state index in [4.69, 9.17) is 4.74 Å². The number of urea groups is 1. The minimum atomic E-state index is -1.42. The number of carbonyl (C=O) groups excluding carboxylic acids is 2. The molecule has 9 nitrogen and oxygen atoms in total. The van der Waals surface area contributed by atoms with E-state index in [0.29, 0.717) is 11.1 Å². The highest BCUT2D eigenvalue weighted by atomic mass is 19.1. The second-order valence-corrected chi connectivity index (χ2v) is 7.04. The number of non-ortho nitro benzene ring substituents is 1. The molecule has 0 aliphatic carbocycles. The molecule has 0 aromatic heterocycles. The van der Waals surface area contributed by atoms with Crippen molar-refractivity contribution >= 4 is 17.6 Å². The number of β-amino-alcohol motifs (C(OH)–C–C–N with tert-alkyl or cyclic N) is 1. The maximum absolute atomic E-state index is 13.6. The van der Waals surface area contributed by atoms with Crippen LogP contribution in [-0.2, 0) is 21.7 Å². The number of hydrogen-bond donors (Lipinski definition) is 2. The number of aliphatic hydroxyl groups is 1. The molecule has 0 spiro atoms. The van der Waals surface area contributed by atoms with Gasteiger partial charge >= 0.3 is 6.03 Å². The lowest BCUT2D eigenvalue weighted by atomic mass is 9.92. The Morgan fingerprint density at radius 1 is 1.23 bits per heavy atom. The summed E-state index contributed by atoms with van der Waals surface area (Å²) in [7, 11) is 0. The van der Waals surface area contributed by atoms with Gasteiger partial charge in [-0.1, -0.05) is 18.2 Å². The Hall–Kier alpha value is -3.37. The standard InChI is InChI=1S/C20H20FN3O6/c1-20(14-6-8-15(9-7-14)24(28)29)18(26)23(19(27)22-20)10-16(25)12-30-11-13-4-2-3-5-17(13)21/h2-9,16,25H,10-12H2,1H3,(H,22,27)/t16-,20-/m1/s1. The van der Waals surface area contributed by atoms with Gasteiger partial charge in [0.05, 0.1) is 30.8 Å². The molecule has 2 aromatic rings. The van der Waals surface area contributed by atoms with Crippen molar-refractivity contribution in [2.24, 2.45) is 0 Å². The van der Waals surface area contributed by atoms with Crippen molar-refractivity contribution in [3.8, 4) is 0 Å². The highest BCUT2D eigenvalue weighted by Gasteiger charge is 2.49. The van der Waals surface area contributed by atoms with Crippen LogP contribution in [0.15, 0.2) is 48.5 Å². The summed E-state index contributed by atoms with van der Waals surface area (Å²) in [5.41, 5.74) is -0.858. The number of nitrogens with one attached hydrogen (secondary N) is 1. The first-order chi connectivity index (χ1) is 14.2. The van der Waals surface area contributed by atoms with Gasteiger partial charge in [0.2, 0.25) is 0 Å². The summed E-state index contributed by atoms with van der Waals surface area (Å²) >= 11 is 0. The summed E-state index contributed by atoms with van der Waals surface area (Å²) in [6.07, 6.45) is -1.18. The van der Waals surface area contributed by atoms with Crippen LogP contribution in [0.25, 0.3) is 0 Å². The van der Waals surface area contributed by atoms with Crippen LogP contribution in [0.3, 0.4) is 0 Å². The largest absolute Gasteiger partial charge is 0.389 e. The van der Waals surface area contributed by atoms with Gasteiger partial charge in [-0.15, -0.1) is 0 Å². The van der Waals surface area contributed by atoms with E-state index in [0.717, 1.165) is 4.90 Å². The monoisotopic (exact) mass is 417 g/mol. The number of benzene rings is 2. The fraction of sp³-hybridized carbons (Fsp3) is 0.300. The third-order valence-electron chi connectivity index (χ3n) is 4.85. The summed E-state index contributed by atoms with van der Waals surface area (Å²) in [5, 5.41) is 23.5. The molecule has 1 saturated heterocycles. The summed E-state index contributed by atoms with van der Waals surface area (Å²) in [4.78, 5) is 36.2. The third kappa shape index (κ3) is 4.29. The predicted octanol–water partition coefficient (Wildman–Crippen LogP) is 2.08. The second-order valence-electron chi connectivity index (χ2n) is 7.04. The minimum Gasteiger partial charge on any atom is -0.389 e. The van der Waals surface area contributed by atoms with E-state index in [1.807, 2.05) is 0 Å². The van der Waals surface area contributed by atoms with Crippen molar-refractivity contribution in [2.45, 2.75) is 25.2 Å². The molecule has 3 rings (SSSR count). The molecule has 2 N–H and O–H groups in total. The van der Waals surface area contributed by atoms with Gasteiger partial charge in [-0.3, -0.25) is 19.8 Å². The van der Waals surface area contributed by atoms with Crippen molar-refractivity contribution < 1.29 is 28.7 Å². The number of nitro groups is 1. The van der Waals surface area contributed by atoms with Crippen LogP contribution in [-0.4, -0.2) is 46.1 Å². The zero-order valence-corrected chi connectivity index (χ0v) is 16.1. The lowest BCUT2D eigenvalue weighted by molar-refractivity contribution is -0.384. The quantitative estimate of drug-likeness (QED) is 0.385. The average Bonchev–Trinajstić information content (AvgIpc) is 2.93. The molecule has 2 atom stereocenters. The second kappa shape index (κ2) is 8.56. The van der Waals surface area contributed by atoms with Gasteiger partial charge in [0, 0.05) is 17.7 Å². The Balaban J connectivity index is 1.61. The maximum atomic E-state index is 13.6. The number of halogens is 1. The number of ether oxygens (including phenoxy) is 1. The van der Waals surface area contributed by atoms with E-state index < -0.39 is 34.3 Å². The highest BCUT2D eigenvalue weighted by Crippen LogP contribution is 2.30. The predicted molar refractivity (Wildman–Crippen MR) is 103 cm³/mol. The van der Waals surface area contributed by atoms with E-state index in [9.17, 15) is 29.2 Å². The smallest absolute Gasteiger partial charge is 0.325 e. The minimum absolute atomic E-state index is 0.0651. The van der Waals surface area contributed by atoms with Gasteiger partial charge in [0.25, 0.3) is 11.6 Å². The number of nitro benzene ring substituents is 1. The first-order valence-corrected chi connectivity index (χ1v) is 9.10. The van der Waals surface area contributed by atoms with Crippen LogP contribution in [0.1, 0.15) is 18.1 Å². The summed E-state index contributed by atoms with van der Waals surface area (Å²) in [6.45, 7) is 0.893. The molecule has 0 unspecified atom stereocenters. The molecule has 3 amide bonds. The molecule has 1 aliphatic heterocycles. The zero-order chi connectivity index (χ0) is 21.9. The van der Waals surface area contributed by atoms with Gasteiger partial charge in [-0.25, -0.2) is 9.18 Å².